The minimum absolute atomic E-state index is 0.191. The van der Waals surface area contributed by atoms with Gasteiger partial charge in [-0.15, -0.1) is 0 Å². The third-order valence-electron chi connectivity index (χ3n) is 8.07. The zero-order valence-electron chi connectivity index (χ0n) is 13.2. The summed E-state index contributed by atoms with van der Waals surface area (Å²) in [6, 6.07) is 10.5. The van der Waals surface area contributed by atoms with E-state index in [0.717, 1.165) is 19.4 Å². The lowest BCUT2D eigenvalue weighted by Gasteiger charge is -2.50. The monoisotopic (exact) mass is 309 g/mol. The number of aryl methyl sites for hydroxylation is 1. The Bertz CT molecular complexity index is 688. The Labute approximate surface area is 136 Å². The third kappa shape index (κ3) is 1.32. The topological polar surface area (TPSA) is 49.3 Å². The molecule has 9 atom stereocenters. The lowest BCUT2D eigenvalue weighted by molar-refractivity contribution is -0.168. The van der Waals surface area contributed by atoms with E-state index in [1.54, 1.807) is 0 Å². The Kier molecular flexibility index (Phi) is 2.32. The number of fused-ring (bicyclic) bond motifs is 2. The van der Waals surface area contributed by atoms with Crippen LogP contribution in [0, 0.1) is 47.3 Å². The van der Waals surface area contributed by atoms with E-state index in [1.807, 2.05) is 6.07 Å². The third-order valence-corrected chi connectivity index (χ3v) is 8.07. The highest BCUT2D eigenvalue weighted by atomic mass is 16.3. The molecule has 3 heteroatoms. The average Bonchev–Trinajstić information content (AvgIpc) is 3.05. The van der Waals surface area contributed by atoms with Gasteiger partial charge in [0.15, 0.2) is 0 Å². The van der Waals surface area contributed by atoms with Gasteiger partial charge in [0.05, 0.1) is 0 Å². The first-order chi connectivity index (χ1) is 11.2. The smallest absolute Gasteiger partial charge is 0.140 e. The maximum atomic E-state index is 12.6. The summed E-state index contributed by atoms with van der Waals surface area (Å²) in [6.45, 7) is 0.848. The Hall–Kier alpha value is -1.19. The van der Waals surface area contributed by atoms with Crippen LogP contribution in [0.4, 0.5) is 0 Å². The number of hydrogen-bond donors (Lipinski definition) is 2. The van der Waals surface area contributed by atoms with Gasteiger partial charge in [-0.25, -0.2) is 0 Å². The minimum Gasteiger partial charge on any atom is -0.375 e. The fraction of sp³-hybridized carbons (Fsp3) is 0.650. The second-order valence-corrected chi connectivity index (χ2v) is 8.56. The van der Waals surface area contributed by atoms with Gasteiger partial charge in [0, 0.05) is 23.7 Å². The summed E-state index contributed by atoms with van der Waals surface area (Å²) in [6.07, 6.45) is 3.30. The van der Waals surface area contributed by atoms with Gasteiger partial charge in [0.25, 0.3) is 0 Å². The fourth-order valence-corrected chi connectivity index (χ4v) is 7.68. The molecule has 120 valence electrons. The van der Waals surface area contributed by atoms with Gasteiger partial charge in [-0.2, -0.15) is 0 Å². The standard InChI is InChI=1S/C20H23NO2/c22-19-15-11-9-12-14-13(11)16(19)18(14)20(23,17(12)15)21-8-4-7-10-5-2-1-3-6-10/h1-3,5-6,11-18,21,23H,4,7-9H2/t11-,12+,13-,14+,15+,16-,17-,18-,20-/m1/s1. The Morgan fingerprint density at radius 2 is 1.91 bits per heavy atom. The van der Waals surface area contributed by atoms with Crippen molar-refractivity contribution >= 4 is 5.78 Å². The molecular formula is C20H23NO2. The molecule has 23 heavy (non-hydrogen) atoms. The highest BCUT2D eigenvalue weighted by Gasteiger charge is 2.87. The first-order valence-electron chi connectivity index (χ1n) is 9.27. The lowest BCUT2D eigenvalue weighted by atomic mass is 9.57. The van der Waals surface area contributed by atoms with E-state index in [1.165, 1.54) is 12.0 Å². The maximum absolute atomic E-state index is 12.6. The summed E-state index contributed by atoms with van der Waals surface area (Å²) in [5.41, 5.74) is 0.618. The van der Waals surface area contributed by atoms with Gasteiger partial charge in [0.1, 0.15) is 11.5 Å². The van der Waals surface area contributed by atoms with E-state index in [0.29, 0.717) is 29.5 Å². The van der Waals surface area contributed by atoms with Crippen molar-refractivity contribution in [1.29, 1.82) is 0 Å². The van der Waals surface area contributed by atoms with Crippen molar-refractivity contribution in [3.8, 4) is 0 Å². The van der Waals surface area contributed by atoms with Crippen molar-refractivity contribution in [2.24, 2.45) is 47.3 Å². The largest absolute Gasteiger partial charge is 0.375 e. The predicted molar refractivity (Wildman–Crippen MR) is 85.3 cm³/mol. The second kappa shape index (κ2) is 4.07. The van der Waals surface area contributed by atoms with Crippen molar-refractivity contribution < 1.29 is 9.90 Å². The van der Waals surface area contributed by atoms with Gasteiger partial charge in [-0.3, -0.25) is 10.1 Å². The SMILES string of the molecule is O=C1[C@@H]2[C@@H]3[C@H]4C[C@H]5[C@@H]3[C@H]2[C@@](O)(NCCCc2ccccc2)[C@H]5[C@@H]14. The summed E-state index contributed by atoms with van der Waals surface area (Å²) in [5, 5.41) is 14.9. The first kappa shape index (κ1) is 13.1. The number of hydrogen-bond acceptors (Lipinski definition) is 3. The number of nitrogens with one attached hydrogen (secondary N) is 1. The van der Waals surface area contributed by atoms with Crippen LogP contribution in [0.25, 0.3) is 0 Å². The quantitative estimate of drug-likeness (QED) is 0.645. The Morgan fingerprint density at radius 1 is 1.09 bits per heavy atom. The summed E-state index contributed by atoms with van der Waals surface area (Å²) >= 11 is 0. The number of carbonyl (C=O) groups is 1. The normalized spacial score (nSPS) is 53.3. The van der Waals surface area contributed by atoms with Crippen LogP contribution in [-0.4, -0.2) is 23.2 Å². The molecule has 0 spiro atoms. The predicted octanol–water partition coefficient (Wildman–Crippen LogP) is 1.85. The molecular weight excluding hydrogens is 286 g/mol. The molecule has 5 aliphatic rings. The molecule has 2 N–H and O–H groups in total. The van der Waals surface area contributed by atoms with Crippen molar-refractivity contribution in [3.05, 3.63) is 35.9 Å². The molecule has 5 fully saturated rings. The molecule has 0 aliphatic heterocycles. The summed E-state index contributed by atoms with van der Waals surface area (Å²) < 4.78 is 0. The summed E-state index contributed by atoms with van der Waals surface area (Å²) in [5.74, 6) is 3.93. The van der Waals surface area contributed by atoms with Crippen molar-refractivity contribution in [2.45, 2.75) is 25.0 Å². The van der Waals surface area contributed by atoms with Crippen LogP contribution in [0.2, 0.25) is 0 Å². The highest BCUT2D eigenvalue weighted by Crippen LogP contribution is 2.83. The van der Waals surface area contributed by atoms with E-state index in [-0.39, 0.29) is 23.7 Å². The summed E-state index contributed by atoms with van der Waals surface area (Å²) in [4.78, 5) is 12.6. The molecule has 0 heterocycles. The van der Waals surface area contributed by atoms with E-state index in [9.17, 15) is 9.90 Å². The molecule has 5 aliphatic carbocycles. The molecule has 6 rings (SSSR count). The zero-order chi connectivity index (χ0) is 15.3. The van der Waals surface area contributed by atoms with Crippen LogP contribution in [-0.2, 0) is 11.2 Å². The van der Waals surface area contributed by atoms with Crippen LogP contribution in [0.5, 0.6) is 0 Å². The number of ketones is 1. The highest BCUT2D eigenvalue weighted by molar-refractivity contribution is 5.91. The Morgan fingerprint density at radius 3 is 2.74 bits per heavy atom. The van der Waals surface area contributed by atoms with Gasteiger partial charge in [-0.1, -0.05) is 30.3 Å². The van der Waals surface area contributed by atoms with Crippen molar-refractivity contribution in [3.63, 3.8) is 0 Å². The summed E-state index contributed by atoms with van der Waals surface area (Å²) in [7, 11) is 0. The number of benzene rings is 1. The van der Waals surface area contributed by atoms with Crippen LogP contribution in [0.1, 0.15) is 18.4 Å². The number of aliphatic hydroxyl groups is 1. The van der Waals surface area contributed by atoms with Gasteiger partial charge >= 0.3 is 0 Å². The molecule has 0 saturated heterocycles. The fourth-order valence-electron chi connectivity index (χ4n) is 7.68. The molecule has 0 aromatic heterocycles. The molecule has 0 radical (unpaired) electrons. The van der Waals surface area contributed by atoms with Gasteiger partial charge < -0.3 is 5.11 Å². The molecule has 1 aromatic rings. The van der Waals surface area contributed by atoms with E-state index >= 15 is 0 Å². The number of rotatable bonds is 5. The second-order valence-electron chi connectivity index (χ2n) is 8.56. The molecule has 3 nitrogen and oxygen atoms in total. The van der Waals surface area contributed by atoms with Gasteiger partial charge in [0.2, 0.25) is 0 Å². The molecule has 1 aromatic carbocycles. The van der Waals surface area contributed by atoms with Crippen LogP contribution in [0.15, 0.2) is 30.3 Å². The van der Waals surface area contributed by atoms with Crippen molar-refractivity contribution in [1.82, 2.24) is 5.32 Å². The lowest BCUT2D eigenvalue weighted by Crippen LogP contribution is -2.64. The molecule has 0 amide bonds. The zero-order valence-corrected chi connectivity index (χ0v) is 13.2. The number of Topliss-reactive ketones (excluding diaryl/α,β-unsaturated/α-hetero) is 1. The minimum atomic E-state index is -0.739. The van der Waals surface area contributed by atoms with E-state index < -0.39 is 5.72 Å². The first-order valence-corrected chi connectivity index (χ1v) is 9.27. The van der Waals surface area contributed by atoms with E-state index in [2.05, 4.69) is 29.6 Å². The van der Waals surface area contributed by atoms with Crippen LogP contribution >= 0.6 is 0 Å². The van der Waals surface area contributed by atoms with E-state index in [4.69, 9.17) is 0 Å². The molecule has 2 bridgehead atoms. The maximum Gasteiger partial charge on any atom is 0.140 e. The van der Waals surface area contributed by atoms with Crippen molar-refractivity contribution in [2.75, 3.05) is 6.54 Å². The Balaban J connectivity index is 1.18. The number of carbonyl (C=O) groups excluding carboxylic acids is 1. The van der Waals surface area contributed by atoms with Crippen LogP contribution < -0.4 is 5.32 Å². The van der Waals surface area contributed by atoms with Crippen LogP contribution in [0.3, 0.4) is 0 Å². The average molecular weight is 309 g/mol. The molecule has 5 saturated carbocycles. The van der Waals surface area contributed by atoms with Gasteiger partial charge in [-0.05, 0) is 55.0 Å². The molecule has 0 unspecified atom stereocenters.